The van der Waals surface area contributed by atoms with E-state index in [1.165, 1.54) is 0 Å². The van der Waals surface area contributed by atoms with Gasteiger partial charge in [0.1, 0.15) is 4.99 Å². The Labute approximate surface area is 119 Å². The minimum absolute atomic E-state index is 0.131. The van der Waals surface area contributed by atoms with Crippen LogP contribution in [-0.4, -0.2) is 42.5 Å². The fourth-order valence-corrected chi connectivity index (χ4v) is 2.48. The van der Waals surface area contributed by atoms with Crippen LogP contribution in [0.15, 0.2) is 18.2 Å². The van der Waals surface area contributed by atoms with Crippen molar-refractivity contribution in [3.05, 3.63) is 29.3 Å². The van der Waals surface area contributed by atoms with Crippen LogP contribution in [0.4, 0.5) is 5.69 Å². The molecule has 1 amide bonds. The number of carbonyl (C=O) groups is 1. The number of nitrogens with two attached hydrogens (primary N) is 1. The van der Waals surface area contributed by atoms with Gasteiger partial charge in [0, 0.05) is 31.4 Å². The van der Waals surface area contributed by atoms with Crippen molar-refractivity contribution in [3.63, 3.8) is 0 Å². The van der Waals surface area contributed by atoms with Gasteiger partial charge < -0.3 is 15.5 Å². The Bertz CT molecular complexity index is 515. The highest BCUT2D eigenvalue weighted by atomic mass is 32.1. The number of nitrogens with zero attached hydrogens (tertiary/aromatic N) is 2. The molecule has 0 atom stereocenters. The van der Waals surface area contributed by atoms with Gasteiger partial charge in [-0.25, -0.2) is 0 Å². The summed E-state index contributed by atoms with van der Waals surface area (Å²) in [5.41, 5.74) is 8.73. The first-order valence-electron chi connectivity index (χ1n) is 6.38. The number of benzene rings is 1. The molecule has 102 valence electrons. The summed E-state index contributed by atoms with van der Waals surface area (Å²) in [5.74, 6) is 0.131. The van der Waals surface area contributed by atoms with Gasteiger partial charge in [-0.1, -0.05) is 23.8 Å². The number of aryl methyl sites for hydroxylation is 1. The summed E-state index contributed by atoms with van der Waals surface area (Å²) in [6.07, 6.45) is 0.951. The average Bonchev–Trinajstić information content (AvgIpc) is 2.52. The van der Waals surface area contributed by atoms with E-state index in [0.717, 1.165) is 36.3 Å². The molecule has 2 N–H and O–H groups in total. The molecule has 4 nitrogen and oxygen atoms in total. The summed E-state index contributed by atoms with van der Waals surface area (Å²) in [6, 6.07) is 6.01. The fraction of sp³-hybridized carbons (Fsp3) is 0.429. The van der Waals surface area contributed by atoms with E-state index >= 15 is 0 Å². The van der Waals surface area contributed by atoms with Crippen LogP contribution in [0.1, 0.15) is 17.5 Å². The predicted molar refractivity (Wildman–Crippen MR) is 81.5 cm³/mol. The zero-order chi connectivity index (χ0) is 14.0. The quantitative estimate of drug-likeness (QED) is 0.828. The van der Waals surface area contributed by atoms with Gasteiger partial charge >= 0.3 is 0 Å². The summed E-state index contributed by atoms with van der Waals surface area (Å²) >= 11 is 5.12. The third-order valence-electron chi connectivity index (χ3n) is 3.43. The SMILES string of the molecule is Cc1ccc(N2CCCN(C)C(=O)C2)c(C(N)=S)c1. The van der Waals surface area contributed by atoms with E-state index in [1.54, 1.807) is 4.90 Å². The number of likely N-dealkylation sites (N-methyl/N-ethyl adjacent to an activating group) is 1. The molecule has 0 unspecified atom stereocenters. The van der Waals surface area contributed by atoms with Gasteiger partial charge in [-0.15, -0.1) is 0 Å². The molecule has 5 heteroatoms. The van der Waals surface area contributed by atoms with Crippen LogP contribution in [0, 0.1) is 6.92 Å². The summed E-state index contributed by atoms with van der Waals surface area (Å²) in [4.78, 5) is 16.2. The van der Waals surface area contributed by atoms with Crippen molar-refractivity contribution in [2.75, 3.05) is 31.6 Å². The maximum absolute atomic E-state index is 12.0. The molecule has 1 heterocycles. The van der Waals surface area contributed by atoms with Crippen LogP contribution in [0.2, 0.25) is 0 Å². The molecule has 1 aliphatic rings. The summed E-state index contributed by atoms with van der Waals surface area (Å²) in [6.45, 7) is 4.03. The van der Waals surface area contributed by atoms with Gasteiger partial charge in [0.2, 0.25) is 5.91 Å². The number of amides is 1. The predicted octanol–water partition coefficient (Wildman–Crippen LogP) is 1.30. The lowest BCUT2D eigenvalue weighted by Gasteiger charge is -2.24. The molecule has 1 saturated heterocycles. The van der Waals surface area contributed by atoms with Crippen molar-refractivity contribution < 1.29 is 4.79 Å². The van der Waals surface area contributed by atoms with Gasteiger partial charge in [-0.05, 0) is 25.5 Å². The van der Waals surface area contributed by atoms with Crippen molar-refractivity contribution >= 4 is 28.8 Å². The number of hydrogen-bond donors (Lipinski definition) is 1. The molecule has 1 aromatic rings. The lowest BCUT2D eigenvalue weighted by Crippen LogP contribution is -2.35. The molecule has 0 aromatic heterocycles. The van der Waals surface area contributed by atoms with Gasteiger partial charge in [0.15, 0.2) is 0 Å². The smallest absolute Gasteiger partial charge is 0.241 e. The van der Waals surface area contributed by atoms with Crippen LogP contribution in [-0.2, 0) is 4.79 Å². The molecule has 19 heavy (non-hydrogen) atoms. The first-order valence-corrected chi connectivity index (χ1v) is 6.79. The van der Waals surface area contributed by atoms with E-state index in [1.807, 2.05) is 32.2 Å². The Morgan fingerprint density at radius 2 is 2.11 bits per heavy atom. The molecule has 1 aromatic carbocycles. The monoisotopic (exact) mass is 277 g/mol. The summed E-state index contributed by atoms with van der Waals surface area (Å²) < 4.78 is 0. The van der Waals surface area contributed by atoms with Crippen LogP contribution < -0.4 is 10.6 Å². The molecular formula is C14H19N3OS. The molecule has 0 saturated carbocycles. The second-order valence-electron chi connectivity index (χ2n) is 4.98. The van der Waals surface area contributed by atoms with Crippen molar-refractivity contribution in [3.8, 4) is 0 Å². The van der Waals surface area contributed by atoms with Crippen molar-refractivity contribution in [1.82, 2.24) is 4.90 Å². The van der Waals surface area contributed by atoms with Crippen molar-refractivity contribution in [2.24, 2.45) is 5.73 Å². The minimum atomic E-state index is 0.131. The molecule has 0 aliphatic carbocycles. The third-order valence-corrected chi connectivity index (χ3v) is 3.65. The van der Waals surface area contributed by atoms with Gasteiger partial charge in [-0.3, -0.25) is 4.79 Å². The molecule has 1 fully saturated rings. The van der Waals surface area contributed by atoms with E-state index in [0.29, 0.717) is 11.5 Å². The van der Waals surface area contributed by atoms with Gasteiger partial charge in [-0.2, -0.15) is 0 Å². The van der Waals surface area contributed by atoms with Crippen LogP contribution in [0.25, 0.3) is 0 Å². The average molecular weight is 277 g/mol. The van der Waals surface area contributed by atoms with Crippen molar-refractivity contribution in [2.45, 2.75) is 13.3 Å². The third kappa shape index (κ3) is 3.04. The fourth-order valence-electron chi connectivity index (χ4n) is 2.32. The zero-order valence-electron chi connectivity index (χ0n) is 11.3. The Hall–Kier alpha value is -1.62. The second kappa shape index (κ2) is 5.57. The maximum atomic E-state index is 12.0. The van der Waals surface area contributed by atoms with Crippen LogP contribution in [0.3, 0.4) is 0 Å². The number of hydrogen-bond acceptors (Lipinski definition) is 3. The van der Waals surface area contributed by atoms with Gasteiger partial charge in [0.25, 0.3) is 0 Å². The summed E-state index contributed by atoms with van der Waals surface area (Å²) in [5, 5.41) is 0. The van der Waals surface area contributed by atoms with E-state index in [4.69, 9.17) is 18.0 Å². The van der Waals surface area contributed by atoms with E-state index < -0.39 is 0 Å². The normalized spacial score (nSPS) is 16.4. The zero-order valence-corrected chi connectivity index (χ0v) is 12.2. The maximum Gasteiger partial charge on any atom is 0.241 e. The highest BCUT2D eigenvalue weighted by molar-refractivity contribution is 7.80. The number of anilines is 1. The first kappa shape index (κ1) is 13.8. The molecule has 0 bridgehead atoms. The number of carbonyl (C=O) groups excluding carboxylic acids is 1. The second-order valence-corrected chi connectivity index (χ2v) is 5.42. The summed E-state index contributed by atoms with van der Waals surface area (Å²) in [7, 11) is 1.84. The molecule has 0 radical (unpaired) electrons. The highest BCUT2D eigenvalue weighted by Gasteiger charge is 2.21. The van der Waals surface area contributed by atoms with E-state index in [2.05, 4.69) is 4.90 Å². The van der Waals surface area contributed by atoms with E-state index in [9.17, 15) is 4.79 Å². The van der Waals surface area contributed by atoms with Crippen molar-refractivity contribution in [1.29, 1.82) is 0 Å². The lowest BCUT2D eigenvalue weighted by molar-refractivity contribution is -0.127. The molecule has 2 rings (SSSR count). The van der Waals surface area contributed by atoms with Crippen LogP contribution >= 0.6 is 12.2 Å². The number of thiocarbonyl (C=S) groups is 1. The Kier molecular flexibility index (Phi) is 4.04. The minimum Gasteiger partial charge on any atom is -0.389 e. The lowest BCUT2D eigenvalue weighted by atomic mass is 10.1. The van der Waals surface area contributed by atoms with E-state index in [-0.39, 0.29) is 5.91 Å². The molecule has 0 spiro atoms. The Morgan fingerprint density at radius 1 is 1.37 bits per heavy atom. The molecular weight excluding hydrogens is 258 g/mol. The first-order chi connectivity index (χ1) is 8.99. The van der Waals surface area contributed by atoms with Crippen LogP contribution in [0.5, 0.6) is 0 Å². The number of rotatable bonds is 2. The standard InChI is InChI=1S/C14H19N3OS/c1-10-4-5-12(11(8-10)14(15)19)17-7-3-6-16(2)13(18)9-17/h4-5,8H,3,6-7,9H2,1-2H3,(H2,15,19). The molecule has 1 aliphatic heterocycles. The Morgan fingerprint density at radius 3 is 2.79 bits per heavy atom. The van der Waals surface area contributed by atoms with Gasteiger partial charge in [0.05, 0.1) is 6.54 Å². The topological polar surface area (TPSA) is 49.6 Å². The highest BCUT2D eigenvalue weighted by Crippen LogP contribution is 2.23. The Balaban J connectivity index is 2.35. The largest absolute Gasteiger partial charge is 0.389 e.